The number of nitrogens with zero attached hydrogens (tertiary/aromatic N) is 2. The van der Waals surface area contributed by atoms with E-state index in [2.05, 4.69) is 26.0 Å². The van der Waals surface area contributed by atoms with Crippen LogP contribution in [0.2, 0.25) is 0 Å². The van der Waals surface area contributed by atoms with E-state index < -0.39 is 0 Å². The molecule has 0 spiro atoms. The Morgan fingerprint density at radius 1 is 1.00 bits per heavy atom. The number of amides is 1. The molecule has 2 heterocycles. The van der Waals surface area contributed by atoms with Crippen LogP contribution in [0.1, 0.15) is 49.3 Å². The third kappa shape index (κ3) is 6.03. The van der Waals surface area contributed by atoms with Gasteiger partial charge in [-0.15, -0.1) is 0 Å². The smallest absolute Gasteiger partial charge is 0.285 e. The molecule has 1 unspecified atom stereocenters. The molecular formula is C26H36FN2OY+. The number of aryl methyl sites for hydroxylation is 3. The van der Waals surface area contributed by atoms with Crippen molar-refractivity contribution in [1.29, 1.82) is 0 Å². The molecule has 2 aromatic carbocycles. The zero-order valence-electron chi connectivity index (χ0n) is 19.5. The van der Waals surface area contributed by atoms with Gasteiger partial charge in [-0.1, -0.05) is 35.9 Å². The third-order valence-corrected chi connectivity index (χ3v) is 6.82. The number of hydrogen-bond donors (Lipinski definition) is 0. The van der Waals surface area contributed by atoms with Crippen LogP contribution in [0.3, 0.4) is 0 Å². The van der Waals surface area contributed by atoms with E-state index >= 15 is 0 Å². The molecule has 165 valence electrons. The maximum atomic E-state index is 13.6. The topological polar surface area (TPSA) is 20.3 Å². The number of rotatable bonds is 3. The Balaban J connectivity index is 0.000000364. The van der Waals surface area contributed by atoms with E-state index in [-0.39, 0.29) is 50.5 Å². The number of anilines is 1. The van der Waals surface area contributed by atoms with Crippen LogP contribution in [0.4, 0.5) is 10.1 Å². The zero-order valence-corrected chi connectivity index (χ0v) is 22.4. The van der Waals surface area contributed by atoms with E-state index in [1.807, 2.05) is 36.9 Å². The summed E-state index contributed by atoms with van der Waals surface area (Å²) in [6.07, 6.45) is 4.48. The quantitative estimate of drug-likeness (QED) is 0.506. The Bertz CT molecular complexity index is 842. The first kappa shape index (κ1) is 26.2. The third-order valence-electron chi connectivity index (χ3n) is 6.82. The van der Waals surface area contributed by atoms with Crippen molar-refractivity contribution < 1.29 is 46.4 Å². The molecule has 0 aliphatic carbocycles. The molecule has 0 N–H and O–H groups in total. The summed E-state index contributed by atoms with van der Waals surface area (Å²) >= 11 is 0. The monoisotopic (exact) mass is 500 g/mol. The number of carbonyl (C=O) groups is 1. The summed E-state index contributed by atoms with van der Waals surface area (Å²) in [7, 11) is 0. The summed E-state index contributed by atoms with van der Waals surface area (Å²) in [6.45, 7) is 12.2. The molecular weight excluding hydrogens is 464 g/mol. The fourth-order valence-corrected chi connectivity index (χ4v) is 5.26. The first-order valence-corrected chi connectivity index (χ1v) is 11.3. The Morgan fingerprint density at radius 2 is 1.58 bits per heavy atom. The average molecular weight is 500 g/mol. The standard InChI is InChI=1S/C19H28FN2O.C7H8.Y/c1-4-22(10-5-6-11-22)17-8-7-9-21(19(17)23)18-14(2)12-16(20)13-15(18)3;1-7-5-3-2-4-6-7;/h12-13,17H,4-11H2,1-3H3;2-6H,1H3;/q+1;;. The first-order valence-electron chi connectivity index (χ1n) is 11.3. The minimum absolute atomic E-state index is 0. The van der Waals surface area contributed by atoms with Gasteiger partial charge in [0.25, 0.3) is 5.91 Å². The second kappa shape index (κ2) is 11.7. The van der Waals surface area contributed by atoms with Crippen LogP contribution in [-0.4, -0.2) is 42.6 Å². The molecule has 5 heteroatoms. The van der Waals surface area contributed by atoms with Crippen LogP contribution in [0.15, 0.2) is 42.5 Å². The summed E-state index contributed by atoms with van der Waals surface area (Å²) in [6, 6.07) is 13.4. The van der Waals surface area contributed by atoms with Gasteiger partial charge in [-0.25, -0.2) is 4.39 Å². The Hall–Kier alpha value is -1.10. The molecule has 2 fully saturated rings. The Morgan fingerprint density at radius 3 is 2.06 bits per heavy atom. The van der Waals surface area contributed by atoms with E-state index in [1.54, 1.807) is 12.1 Å². The second-order valence-electron chi connectivity index (χ2n) is 8.88. The fourth-order valence-electron chi connectivity index (χ4n) is 5.26. The molecule has 31 heavy (non-hydrogen) atoms. The largest absolute Gasteiger partial charge is 0.314 e. The number of carbonyl (C=O) groups excluding carboxylic acids is 1. The van der Waals surface area contributed by atoms with Crippen molar-refractivity contribution in [1.82, 2.24) is 0 Å². The van der Waals surface area contributed by atoms with Gasteiger partial charge in [0, 0.05) is 64.2 Å². The average Bonchev–Trinajstić information content (AvgIpc) is 3.20. The number of hydrogen-bond acceptors (Lipinski definition) is 1. The molecule has 2 saturated heterocycles. The van der Waals surface area contributed by atoms with Crippen molar-refractivity contribution in [2.45, 2.75) is 59.4 Å². The van der Waals surface area contributed by atoms with E-state index in [1.165, 1.54) is 18.4 Å². The summed E-state index contributed by atoms with van der Waals surface area (Å²) < 4.78 is 14.6. The van der Waals surface area contributed by atoms with E-state index in [4.69, 9.17) is 0 Å². The van der Waals surface area contributed by atoms with Crippen molar-refractivity contribution in [3.63, 3.8) is 0 Å². The van der Waals surface area contributed by atoms with Gasteiger partial charge in [-0.05, 0) is 57.4 Å². The molecule has 0 saturated carbocycles. The van der Waals surface area contributed by atoms with Gasteiger partial charge < -0.3 is 9.38 Å². The van der Waals surface area contributed by atoms with Gasteiger partial charge in [0.2, 0.25) is 0 Å². The number of likely N-dealkylation sites (tertiary alicyclic amines) is 1. The number of halogens is 1. The molecule has 0 aromatic heterocycles. The minimum Gasteiger partial charge on any atom is -0.314 e. The van der Waals surface area contributed by atoms with Crippen LogP contribution in [0.25, 0.3) is 0 Å². The number of likely N-dealkylation sites (N-methyl/N-ethyl adjacent to an activating group) is 1. The second-order valence-corrected chi connectivity index (χ2v) is 8.88. The van der Waals surface area contributed by atoms with Gasteiger partial charge in [-0.2, -0.15) is 0 Å². The Kier molecular flexibility index (Phi) is 9.85. The maximum absolute atomic E-state index is 13.6. The van der Waals surface area contributed by atoms with Crippen molar-refractivity contribution in [2.75, 3.05) is 31.1 Å². The van der Waals surface area contributed by atoms with Crippen LogP contribution in [0, 0.1) is 26.6 Å². The molecule has 1 atom stereocenters. The predicted octanol–water partition coefficient (Wildman–Crippen LogP) is 5.56. The molecule has 2 aliphatic heterocycles. The van der Waals surface area contributed by atoms with E-state index in [0.29, 0.717) is 0 Å². The SMILES string of the molecule is CC[N+]1(C2CCCN(c3c(C)cc(F)cc3C)C2=O)CCCC1.Cc1ccccc1.[Y]. The molecule has 2 aromatic rings. The van der Waals surface area contributed by atoms with Crippen LogP contribution in [0.5, 0.6) is 0 Å². The molecule has 0 bridgehead atoms. The molecule has 1 amide bonds. The normalized spacial score (nSPS) is 20.0. The van der Waals surface area contributed by atoms with Crippen LogP contribution >= 0.6 is 0 Å². The molecule has 4 rings (SSSR count). The van der Waals surface area contributed by atoms with E-state index in [0.717, 1.165) is 60.3 Å². The number of piperidine rings is 1. The Labute approximate surface area is 212 Å². The van der Waals surface area contributed by atoms with Gasteiger partial charge in [0.15, 0.2) is 6.04 Å². The summed E-state index contributed by atoms with van der Waals surface area (Å²) in [5, 5.41) is 0. The number of quaternary nitrogens is 1. The van der Waals surface area contributed by atoms with Crippen LogP contribution < -0.4 is 4.90 Å². The van der Waals surface area contributed by atoms with Gasteiger partial charge in [-0.3, -0.25) is 4.79 Å². The van der Waals surface area contributed by atoms with Crippen molar-refractivity contribution in [3.05, 3.63) is 65.0 Å². The number of benzene rings is 2. The predicted molar refractivity (Wildman–Crippen MR) is 122 cm³/mol. The molecule has 3 nitrogen and oxygen atoms in total. The van der Waals surface area contributed by atoms with Crippen molar-refractivity contribution >= 4 is 11.6 Å². The minimum atomic E-state index is -0.221. The first-order chi connectivity index (χ1) is 14.4. The van der Waals surface area contributed by atoms with Gasteiger partial charge in [0.1, 0.15) is 5.82 Å². The molecule has 1 radical (unpaired) electrons. The molecule has 2 aliphatic rings. The van der Waals surface area contributed by atoms with Gasteiger partial charge >= 0.3 is 0 Å². The van der Waals surface area contributed by atoms with Crippen LogP contribution in [-0.2, 0) is 37.5 Å². The fraction of sp³-hybridized carbons (Fsp3) is 0.500. The summed E-state index contributed by atoms with van der Waals surface area (Å²) in [5.41, 5.74) is 3.97. The summed E-state index contributed by atoms with van der Waals surface area (Å²) in [5.74, 6) is 0.0270. The van der Waals surface area contributed by atoms with E-state index in [9.17, 15) is 9.18 Å². The summed E-state index contributed by atoms with van der Waals surface area (Å²) in [4.78, 5) is 15.2. The zero-order chi connectivity index (χ0) is 21.7. The van der Waals surface area contributed by atoms with Crippen molar-refractivity contribution in [3.8, 4) is 0 Å². The van der Waals surface area contributed by atoms with Gasteiger partial charge in [0.05, 0.1) is 19.6 Å². The van der Waals surface area contributed by atoms with Crippen molar-refractivity contribution in [2.24, 2.45) is 0 Å². The maximum Gasteiger partial charge on any atom is 0.285 e.